The quantitative estimate of drug-likeness (QED) is 0.200. The van der Waals surface area contributed by atoms with Crippen molar-refractivity contribution < 1.29 is 24.3 Å². The van der Waals surface area contributed by atoms with E-state index in [1.807, 2.05) is 24.3 Å². The normalized spacial score (nSPS) is 24.3. The highest BCUT2D eigenvalue weighted by Gasteiger charge is 2.54. The molecule has 2 aromatic heterocycles. The Morgan fingerprint density at radius 2 is 1.89 bits per heavy atom. The number of carbonyl (C=O) groups is 4. The van der Waals surface area contributed by atoms with Gasteiger partial charge >= 0.3 is 0 Å². The Balaban J connectivity index is 1.15. The molecular weight excluding hydrogens is 618 g/mol. The van der Waals surface area contributed by atoms with Crippen molar-refractivity contribution in [2.45, 2.75) is 88.9 Å². The van der Waals surface area contributed by atoms with Crippen LogP contribution < -0.4 is 26.8 Å². The number of thiophene rings is 1. The standard InChI is InChI=1S/C35H43N5O6S/c1-2-36-33(45)28(41)14-13-26(37-31(43)24-20-47-29-10-4-3-8-23(24)29)32(44)38-27-9-6-16-40(34(27)46)19-30(42)39-35-15-5-7-22-17-21(18-35)11-12-25(22)35/h3-4,6,8-10,16,20-22,25-26,28,41H,2,5,7,11-15,17-19H2,1H3,(H,36,45)(H,37,43)(H,38,44)(H,39,42)/t21?,22?,25?,26-,28?,35?/m0/s1. The average molecular weight is 662 g/mol. The third-order valence-corrected chi connectivity index (χ3v) is 11.3. The summed E-state index contributed by atoms with van der Waals surface area (Å²) in [6.45, 7) is 1.90. The van der Waals surface area contributed by atoms with Gasteiger partial charge in [-0.05, 0) is 94.2 Å². The molecule has 47 heavy (non-hydrogen) atoms. The molecule has 0 saturated heterocycles. The molecule has 0 aliphatic heterocycles. The van der Waals surface area contributed by atoms with Gasteiger partial charge in [0.25, 0.3) is 11.5 Å². The van der Waals surface area contributed by atoms with Crippen LogP contribution in [0.5, 0.6) is 0 Å². The van der Waals surface area contributed by atoms with Crippen molar-refractivity contribution in [1.29, 1.82) is 0 Å². The van der Waals surface area contributed by atoms with Crippen molar-refractivity contribution >= 4 is 50.7 Å². The molecule has 6 atom stereocenters. The average Bonchev–Trinajstić information content (AvgIpc) is 3.49. The predicted octanol–water partition coefficient (Wildman–Crippen LogP) is 3.55. The summed E-state index contributed by atoms with van der Waals surface area (Å²) in [7, 11) is 0. The summed E-state index contributed by atoms with van der Waals surface area (Å²) < 4.78 is 2.20. The van der Waals surface area contributed by atoms with E-state index in [0.29, 0.717) is 29.9 Å². The highest BCUT2D eigenvalue weighted by Crippen LogP contribution is 2.56. The molecule has 5 N–H and O–H groups in total. The third-order valence-electron chi connectivity index (χ3n) is 10.4. The number of hydrogen-bond acceptors (Lipinski definition) is 7. The van der Waals surface area contributed by atoms with E-state index in [4.69, 9.17) is 0 Å². The van der Waals surface area contributed by atoms with Gasteiger partial charge in [0.1, 0.15) is 24.4 Å². The lowest BCUT2D eigenvalue weighted by Crippen LogP contribution is -2.63. The highest BCUT2D eigenvalue weighted by atomic mass is 32.1. The van der Waals surface area contributed by atoms with Gasteiger partial charge < -0.3 is 30.9 Å². The fourth-order valence-corrected chi connectivity index (χ4v) is 9.23. The van der Waals surface area contributed by atoms with Crippen molar-refractivity contribution in [1.82, 2.24) is 20.5 Å². The summed E-state index contributed by atoms with van der Waals surface area (Å²) >= 11 is 1.40. The number of rotatable bonds is 12. The minimum Gasteiger partial charge on any atom is -0.383 e. The number of nitrogens with zero attached hydrogens (tertiary/aromatic N) is 1. The Morgan fingerprint density at radius 1 is 1.06 bits per heavy atom. The Bertz CT molecular complexity index is 1720. The number of hydrogen-bond donors (Lipinski definition) is 5. The fraction of sp³-hybridized carbons (Fsp3) is 0.514. The van der Waals surface area contributed by atoms with Crippen molar-refractivity contribution in [3.8, 4) is 0 Å². The van der Waals surface area contributed by atoms with Gasteiger partial charge in [0.05, 0.1) is 5.56 Å². The van der Waals surface area contributed by atoms with Gasteiger partial charge in [-0.3, -0.25) is 24.0 Å². The summed E-state index contributed by atoms with van der Waals surface area (Å²) in [5, 5.41) is 24.1. The Kier molecular flexibility index (Phi) is 9.79. The molecule has 0 radical (unpaired) electrons. The lowest BCUT2D eigenvalue weighted by molar-refractivity contribution is -0.130. The molecule has 4 fully saturated rings. The number of anilines is 1. The maximum absolute atomic E-state index is 13.6. The van der Waals surface area contributed by atoms with Crippen LogP contribution in [0.4, 0.5) is 5.69 Å². The van der Waals surface area contributed by atoms with Crippen LogP contribution in [0.15, 0.2) is 52.8 Å². The number of aromatic nitrogens is 1. The van der Waals surface area contributed by atoms with E-state index in [1.165, 1.54) is 47.4 Å². The third kappa shape index (κ3) is 6.99. The lowest BCUT2D eigenvalue weighted by Gasteiger charge is -2.58. The Labute approximate surface area is 277 Å². The summed E-state index contributed by atoms with van der Waals surface area (Å²) in [6.07, 6.45) is 7.95. The van der Waals surface area contributed by atoms with E-state index in [1.54, 1.807) is 18.4 Å². The van der Waals surface area contributed by atoms with Gasteiger partial charge in [-0.25, -0.2) is 0 Å². The maximum Gasteiger partial charge on any atom is 0.274 e. The van der Waals surface area contributed by atoms with Crippen molar-refractivity contribution in [2.75, 3.05) is 11.9 Å². The van der Waals surface area contributed by atoms with Gasteiger partial charge in [-0.15, -0.1) is 11.3 Å². The number of benzene rings is 1. The molecule has 1 aromatic carbocycles. The molecular formula is C35H43N5O6S. The lowest BCUT2D eigenvalue weighted by atomic mass is 9.51. The fourth-order valence-electron chi connectivity index (χ4n) is 8.29. The van der Waals surface area contributed by atoms with Crippen molar-refractivity contribution in [3.05, 3.63) is 63.9 Å². The molecule has 3 aromatic rings. The van der Waals surface area contributed by atoms with Gasteiger partial charge in [-0.1, -0.05) is 24.6 Å². The largest absolute Gasteiger partial charge is 0.383 e. The van der Waals surface area contributed by atoms with Crippen molar-refractivity contribution in [2.24, 2.45) is 17.8 Å². The minimum absolute atomic E-state index is 0.0394. The Hall–Kier alpha value is -4.03. The molecule has 2 heterocycles. The van der Waals surface area contributed by atoms with Crippen LogP contribution in [0.1, 0.15) is 75.1 Å². The summed E-state index contributed by atoms with van der Waals surface area (Å²) in [5.74, 6) is -0.124. The van der Waals surface area contributed by atoms with Crippen LogP contribution in [0.3, 0.4) is 0 Å². The van der Waals surface area contributed by atoms with E-state index >= 15 is 0 Å². The first-order chi connectivity index (χ1) is 22.7. The first kappa shape index (κ1) is 32.9. The second-order valence-electron chi connectivity index (χ2n) is 13.3. The highest BCUT2D eigenvalue weighted by molar-refractivity contribution is 7.17. The SMILES string of the molecule is CCNC(=O)C(O)CC[C@H](NC(=O)c1csc2ccccc12)C(=O)Nc1cccn(CC(=O)NC23CCCC4CC(CCC42)C3)c1=O. The first-order valence-corrected chi connectivity index (χ1v) is 17.6. The Morgan fingerprint density at radius 3 is 2.70 bits per heavy atom. The minimum atomic E-state index is -1.38. The molecule has 0 spiro atoms. The number of pyridine rings is 1. The molecule has 7 rings (SSSR count). The van der Waals surface area contributed by atoms with Gasteiger partial charge in [0.2, 0.25) is 17.7 Å². The second kappa shape index (κ2) is 14.0. The van der Waals surface area contributed by atoms with Gasteiger partial charge in [0.15, 0.2) is 0 Å². The number of nitrogens with one attached hydrogen (secondary N) is 4. The molecule has 11 nitrogen and oxygen atoms in total. The summed E-state index contributed by atoms with van der Waals surface area (Å²) in [6, 6.07) is 9.29. The predicted molar refractivity (Wildman–Crippen MR) is 180 cm³/mol. The van der Waals surface area contributed by atoms with Crippen LogP contribution in [0.2, 0.25) is 0 Å². The summed E-state index contributed by atoms with van der Waals surface area (Å²) in [4.78, 5) is 65.9. The number of fused-ring (bicyclic) bond motifs is 2. The number of aliphatic hydroxyl groups excluding tert-OH is 1. The van der Waals surface area contributed by atoms with Gasteiger partial charge in [0, 0.05) is 33.7 Å². The topological polar surface area (TPSA) is 159 Å². The van der Waals surface area contributed by atoms with Crippen LogP contribution >= 0.6 is 11.3 Å². The van der Waals surface area contributed by atoms with E-state index < -0.39 is 35.4 Å². The molecule has 12 heteroatoms. The number of carbonyl (C=O) groups excluding carboxylic acids is 4. The number of aliphatic hydroxyl groups is 1. The molecule has 4 bridgehead atoms. The van der Waals surface area contributed by atoms with E-state index in [2.05, 4.69) is 21.3 Å². The van der Waals surface area contributed by atoms with Crippen LogP contribution in [-0.4, -0.2) is 57.5 Å². The second-order valence-corrected chi connectivity index (χ2v) is 14.3. The first-order valence-electron chi connectivity index (χ1n) is 16.7. The monoisotopic (exact) mass is 661 g/mol. The van der Waals surface area contributed by atoms with Crippen LogP contribution in [0.25, 0.3) is 10.1 Å². The molecule has 5 unspecified atom stereocenters. The summed E-state index contributed by atoms with van der Waals surface area (Å²) in [5.41, 5.74) is -0.372. The van der Waals surface area contributed by atoms with Crippen LogP contribution in [0, 0.1) is 17.8 Å². The van der Waals surface area contributed by atoms with Crippen molar-refractivity contribution in [3.63, 3.8) is 0 Å². The number of amides is 4. The maximum atomic E-state index is 13.6. The number of likely N-dealkylation sites (N-methyl/N-ethyl adjacent to an activating group) is 1. The van der Waals surface area contributed by atoms with Crippen LogP contribution in [-0.2, 0) is 20.9 Å². The van der Waals surface area contributed by atoms with E-state index in [0.717, 1.165) is 35.8 Å². The molecule has 4 amide bonds. The van der Waals surface area contributed by atoms with E-state index in [9.17, 15) is 29.1 Å². The zero-order valence-corrected chi connectivity index (χ0v) is 27.4. The zero-order chi connectivity index (χ0) is 33.1. The molecule has 4 saturated carbocycles. The molecule has 4 aliphatic rings. The van der Waals surface area contributed by atoms with E-state index in [-0.39, 0.29) is 36.5 Å². The molecule has 250 valence electrons. The zero-order valence-electron chi connectivity index (χ0n) is 26.6. The van der Waals surface area contributed by atoms with Gasteiger partial charge in [-0.2, -0.15) is 0 Å². The molecule has 4 aliphatic carbocycles. The smallest absolute Gasteiger partial charge is 0.274 e.